The summed E-state index contributed by atoms with van der Waals surface area (Å²) >= 11 is 0. The molecule has 0 saturated heterocycles. The van der Waals surface area contributed by atoms with Crippen molar-refractivity contribution in [2.45, 2.75) is 66.5 Å². The zero-order valence-corrected chi connectivity index (χ0v) is 19.5. The quantitative estimate of drug-likeness (QED) is 0.224. The second-order valence-corrected chi connectivity index (χ2v) is 7.95. The lowest BCUT2D eigenvalue weighted by Gasteiger charge is -2.13. The molecule has 4 heteroatoms. The van der Waals surface area contributed by atoms with Crippen LogP contribution < -0.4 is 5.32 Å². The normalized spacial score (nSPS) is 17.9. The minimum absolute atomic E-state index is 0.0522. The molecule has 0 fully saturated rings. The molecule has 0 unspecified atom stereocenters. The van der Waals surface area contributed by atoms with Crippen LogP contribution in [0.1, 0.15) is 54.4 Å². The lowest BCUT2D eigenvalue weighted by Crippen LogP contribution is -2.35. The lowest BCUT2D eigenvalue weighted by molar-refractivity contribution is -0.118. The number of nitrogens with one attached hydrogen (secondary N) is 1. The average Bonchev–Trinajstić information content (AvgIpc) is 2.70. The topological polar surface area (TPSA) is 69.6 Å². The largest absolute Gasteiger partial charge is 0.394 e. The molecule has 1 amide bonds. The lowest BCUT2D eigenvalue weighted by atomic mass is 9.98. The van der Waals surface area contributed by atoms with E-state index >= 15 is 0 Å². The van der Waals surface area contributed by atoms with Gasteiger partial charge in [-0.25, -0.2) is 0 Å². The Morgan fingerprint density at radius 3 is 2.27 bits per heavy atom. The van der Waals surface area contributed by atoms with Crippen molar-refractivity contribution in [1.29, 1.82) is 0 Å². The molecule has 0 aromatic heterocycles. The molecule has 0 aromatic carbocycles. The standard InChI is InChI=1S/C26H41NO3/c1-7-13-20(2)16-17-25(29)23(5)18-21(3)14-11-9-8-10-12-15-22(4)26(30)27-24(6)19-28/h8-12,14-18,20,23-25,28-29H,7,13,19H2,1-6H3,(H,27,30)/b9-8-,12-10+,14-11+,17-16+,21-18+,22-15+/t20-,23+,24-,25-/m0/s1. The second kappa shape index (κ2) is 16.6. The molecular weight excluding hydrogens is 374 g/mol. The summed E-state index contributed by atoms with van der Waals surface area (Å²) in [5.74, 6) is 0.366. The average molecular weight is 416 g/mol. The van der Waals surface area contributed by atoms with E-state index < -0.39 is 6.10 Å². The molecule has 3 N–H and O–H groups in total. The van der Waals surface area contributed by atoms with Crippen molar-refractivity contribution in [1.82, 2.24) is 5.32 Å². The molecule has 0 aromatic rings. The number of carbonyl (C=O) groups excluding carboxylic acids is 1. The number of rotatable bonds is 13. The van der Waals surface area contributed by atoms with Gasteiger partial charge in [0.2, 0.25) is 5.91 Å². The fourth-order valence-corrected chi connectivity index (χ4v) is 2.66. The SMILES string of the molecule is CCC[C@H](C)/C=C/[C@H](O)[C@H](C)/C=C(C)/C=C/C=C\C=C\C=C(/C)C(=O)N[C@@H](C)CO. The number of aliphatic hydroxyl groups excluding tert-OH is 2. The van der Waals surface area contributed by atoms with E-state index in [1.807, 2.05) is 50.3 Å². The van der Waals surface area contributed by atoms with Gasteiger partial charge in [0, 0.05) is 17.5 Å². The van der Waals surface area contributed by atoms with E-state index in [0.717, 1.165) is 18.4 Å². The van der Waals surface area contributed by atoms with Crippen LogP contribution in [0.25, 0.3) is 0 Å². The zero-order chi connectivity index (χ0) is 22.9. The van der Waals surface area contributed by atoms with Gasteiger partial charge >= 0.3 is 0 Å². The van der Waals surface area contributed by atoms with E-state index in [-0.39, 0.29) is 24.5 Å². The third-order valence-corrected chi connectivity index (χ3v) is 4.60. The molecular formula is C26H41NO3. The van der Waals surface area contributed by atoms with E-state index in [2.05, 4.69) is 31.3 Å². The Hall–Kier alpha value is -2.17. The van der Waals surface area contributed by atoms with E-state index in [1.54, 1.807) is 26.0 Å². The Balaban J connectivity index is 4.55. The molecule has 0 aliphatic rings. The molecule has 4 atom stereocenters. The zero-order valence-electron chi connectivity index (χ0n) is 19.5. The van der Waals surface area contributed by atoms with E-state index in [0.29, 0.717) is 11.5 Å². The molecule has 0 radical (unpaired) electrons. The molecule has 0 spiro atoms. The van der Waals surface area contributed by atoms with Crippen LogP contribution in [-0.2, 0) is 4.79 Å². The maximum Gasteiger partial charge on any atom is 0.247 e. The third kappa shape index (κ3) is 13.9. The summed E-state index contributed by atoms with van der Waals surface area (Å²) < 4.78 is 0. The molecule has 0 saturated carbocycles. The summed E-state index contributed by atoms with van der Waals surface area (Å²) in [4.78, 5) is 11.8. The van der Waals surface area contributed by atoms with Gasteiger partial charge in [-0.1, -0.05) is 93.5 Å². The third-order valence-electron chi connectivity index (χ3n) is 4.60. The summed E-state index contributed by atoms with van der Waals surface area (Å²) in [6, 6.07) is -0.254. The minimum atomic E-state index is -0.473. The summed E-state index contributed by atoms with van der Waals surface area (Å²) in [6.45, 7) is 11.8. The maximum atomic E-state index is 11.8. The molecule has 0 heterocycles. The summed E-state index contributed by atoms with van der Waals surface area (Å²) in [7, 11) is 0. The van der Waals surface area contributed by atoms with E-state index in [9.17, 15) is 9.90 Å². The van der Waals surface area contributed by atoms with Gasteiger partial charge < -0.3 is 15.5 Å². The van der Waals surface area contributed by atoms with Crippen molar-refractivity contribution in [3.8, 4) is 0 Å². The van der Waals surface area contributed by atoms with Crippen molar-refractivity contribution >= 4 is 5.91 Å². The van der Waals surface area contributed by atoms with Crippen molar-refractivity contribution in [2.75, 3.05) is 6.61 Å². The molecule has 0 aliphatic heterocycles. The Bertz CT molecular complexity index is 668. The Kier molecular flexibility index (Phi) is 15.4. The van der Waals surface area contributed by atoms with Crippen LogP contribution in [0, 0.1) is 11.8 Å². The van der Waals surface area contributed by atoms with Gasteiger partial charge in [-0.15, -0.1) is 0 Å². The number of allylic oxidation sites excluding steroid dienone is 9. The molecule has 4 nitrogen and oxygen atoms in total. The number of carbonyl (C=O) groups is 1. The Morgan fingerprint density at radius 1 is 1.00 bits per heavy atom. The predicted molar refractivity (Wildman–Crippen MR) is 128 cm³/mol. The molecule has 0 aliphatic carbocycles. The Labute approximate surface area is 183 Å². The number of amides is 1. The van der Waals surface area contributed by atoms with Gasteiger partial charge in [-0.05, 0) is 33.1 Å². The second-order valence-electron chi connectivity index (χ2n) is 7.95. The van der Waals surface area contributed by atoms with Crippen molar-refractivity contribution in [3.63, 3.8) is 0 Å². The first kappa shape index (κ1) is 27.8. The first-order chi connectivity index (χ1) is 14.2. The molecule has 0 rings (SSSR count). The van der Waals surface area contributed by atoms with Gasteiger partial charge in [-0.2, -0.15) is 0 Å². The van der Waals surface area contributed by atoms with Crippen LogP contribution >= 0.6 is 0 Å². The maximum absolute atomic E-state index is 11.8. The van der Waals surface area contributed by atoms with Crippen molar-refractivity contribution < 1.29 is 15.0 Å². The first-order valence-electron chi connectivity index (χ1n) is 10.9. The highest BCUT2D eigenvalue weighted by Gasteiger charge is 2.08. The first-order valence-corrected chi connectivity index (χ1v) is 10.9. The van der Waals surface area contributed by atoms with Gasteiger partial charge in [0.15, 0.2) is 0 Å². The molecule has 30 heavy (non-hydrogen) atoms. The monoisotopic (exact) mass is 415 g/mol. The van der Waals surface area contributed by atoms with Crippen LogP contribution in [0.3, 0.4) is 0 Å². The highest BCUT2D eigenvalue weighted by molar-refractivity contribution is 5.93. The number of hydrogen-bond acceptors (Lipinski definition) is 3. The van der Waals surface area contributed by atoms with E-state index in [4.69, 9.17) is 5.11 Å². The fraction of sp³-hybridized carbons (Fsp3) is 0.500. The summed E-state index contributed by atoms with van der Waals surface area (Å²) in [5, 5.41) is 21.9. The minimum Gasteiger partial charge on any atom is -0.394 e. The van der Waals surface area contributed by atoms with Crippen LogP contribution in [0.5, 0.6) is 0 Å². The van der Waals surface area contributed by atoms with Crippen LogP contribution in [0.15, 0.2) is 71.9 Å². The van der Waals surface area contributed by atoms with Gasteiger partial charge in [-0.3, -0.25) is 4.79 Å². The highest BCUT2D eigenvalue weighted by Crippen LogP contribution is 2.13. The fourth-order valence-electron chi connectivity index (χ4n) is 2.66. The van der Waals surface area contributed by atoms with Crippen LogP contribution in [0.4, 0.5) is 0 Å². The van der Waals surface area contributed by atoms with Gasteiger partial charge in [0.05, 0.1) is 12.7 Å². The van der Waals surface area contributed by atoms with Crippen LogP contribution in [0.2, 0.25) is 0 Å². The summed E-state index contributed by atoms with van der Waals surface area (Å²) in [5.41, 5.74) is 1.68. The van der Waals surface area contributed by atoms with Crippen molar-refractivity contribution in [2.24, 2.45) is 11.8 Å². The van der Waals surface area contributed by atoms with Gasteiger partial charge in [0.25, 0.3) is 0 Å². The van der Waals surface area contributed by atoms with Gasteiger partial charge in [0.1, 0.15) is 0 Å². The summed E-state index contributed by atoms with van der Waals surface area (Å²) in [6.07, 6.45) is 21.0. The van der Waals surface area contributed by atoms with Crippen LogP contribution in [-0.4, -0.2) is 34.9 Å². The van der Waals surface area contributed by atoms with Crippen molar-refractivity contribution in [3.05, 3.63) is 71.9 Å². The predicted octanol–water partition coefficient (Wildman–Crippen LogP) is 5.03. The molecule has 0 bridgehead atoms. The number of hydrogen-bond donors (Lipinski definition) is 3. The van der Waals surface area contributed by atoms with E-state index in [1.165, 1.54) is 0 Å². The smallest absolute Gasteiger partial charge is 0.247 e. The number of aliphatic hydroxyl groups is 2. The Morgan fingerprint density at radius 2 is 1.63 bits per heavy atom. The molecule has 168 valence electrons. The highest BCUT2D eigenvalue weighted by atomic mass is 16.3.